The van der Waals surface area contributed by atoms with Crippen molar-refractivity contribution in [3.05, 3.63) is 60.2 Å². The van der Waals surface area contributed by atoms with Crippen molar-refractivity contribution in [3.8, 4) is 0 Å². The van der Waals surface area contributed by atoms with E-state index in [0.29, 0.717) is 18.7 Å². The number of carbonyl (C=O) groups is 1. The monoisotopic (exact) mass is 417 g/mol. The SMILES string of the molecule is CN(CCc1cn(C2OC(CO)C(O)C(O)C2O)cn1)C(=O)C=Cc1ccccc1. The van der Waals surface area contributed by atoms with Crippen molar-refractivity contribution in [2.24, 2.45) is 0 Å². The highest BCUT2D eigenvalue weighted by Gasteiger charge is 2.44. The second-order valence-corrected chi connectivity index (χ2v) is 7.29. The zero-order chi connectivity index (χ0) is 21.7. The molecule has 4 N–H and O–H groups in total. The summed E-state index contributed by atoms with van der Waals surface area (Å²) in [6.07, 6.45) is 0.621. The van der Waals surface area contributed by atoms with E-state index in [1.165, 1.54) is 17.0 Å². The maximum absolute atomic E-state index is 12.3. The molecule has 0 bridgehead atoms. The molecule has 9 nitrogen and oxygen atoms in total. The van der Waals surface area contributed by atoms with Crippen LogP contribution in [0.2, 0.25) is 0 Å². The molecular weight excluding hydrogens is 390 g/mol. The third-order valence-electron chi connectivity index (χ3n) is 5.11. The second kappa shape index (κ2) is 9.96. The number of aliphatic hydroxyl groups is 4. The van der Waals surface area contributed by atoms with Crippen molar-refractivity contribution in [1.82, 2.24) is 14.5 Å². The van der Waals surface area contributed by atoms with E-state index in [9.17, 15) is 25.2 Å². The summed E-state index contributed by atoms with van der Waals surface area (Å²) in [5.41, 5.74) is 1.61. The van der Waals surface area contributed by atoms with Gasteiger partial charge in [0.1, 0.15) is 24.4 Å². The number of nitrogens with zero attached hydrogens (tertiary/aromatic N) is 3. The van der Waals surface area contributed by atoms with Gasteiger partial charge in [-0.05, 0) is 11.6 Å². The molecule has 5 atom stereocenters. The van der Waals surface area contributed by atoms with Crippen molar-refractivity contribution >= 4 is 12.0 Å². The van der Waals surface area contributed by atoms with Crippen molar-refractivity contribution in [1.29, 1.82) is 0 Å². The summed E-state index contributed by atoms with van der Waals surface area (Å²) in [7, 11) is 1.70. The highest BCUT2D eigenvalue weighted by atomic mass is 16.6. The molecule has 9 heteroatoms. The summed E-state index contributed by atoms with van der Waals surface area (Å²) in [6.45, 7) is -0.0595. The first-order valence-electron chi connectivity index (χ1n) is 9.71. The Labute approximate surface area is 174 Å². The van der Waals surface area contributed by atoms with Gasteiger partial charge in [0, 0.05) is 32.3 Å². The van der Waals surface area contributed by atoms with E-state index < -0.39 is 37.3 Å². The predicted octanol–water partition coefficient (Wildman–Crippen LogP) is -0.430. The van der Waals surface area contributed by atoms with E-state index in [1.807, 2.05) is 30.3 Å². The average molecular weight is 417 g/mol. The smallest absolute Gasteiger partial charge is 0.246 e. The molecule has 0 saturated carbocycles. The zero-order valence-corrected chi connectivity index (χ0v) is 16.7. The molecule has 1 aromatic heterocycles. The molecule has 1 saturated heterocycles. The number of rotatable bonds is 7. The normalized spacial score (nSPS) is 26.8. The van der Waals surface area contributed by atoms with Crippen LogP contribution >= 0.6 is 0 Å². The molecule has 1 fully saturated rings. The lowest BCUT2D eigenvalue weighted by Gasteiger charge is -2.40. The van der Waals surface area contributed by atoms with Gasteiger partial charge in [0.25, 0.3) is 0 Å². The molecule has 5 unspecified atom stereocenters. The Morgan fingerprint density at radius 1 is 1.20 bits per heavy atom. The van der Waals surface area contributed by atoms with Gasteiger partial charge in [0.05, 0.1) is 18.6 Å². The summed E-state index contributed by atoms with van der Waals surface area (Å²) >= 11 is 0. The molecular formula is C21H27N3O6. The second-order valence-electron chi connectivity index (χ2n) is 7.29. The summed E-state index contributed by atoms with van der Waals surface area (Å²) in [5.74, 6) is -0.132. The average Bonchev–Trinajstić information content (AvgIpc) is 3.24. The predicted molar refractivity (Wildman–Crippen MR) is 108 cm³/mol. The Balaban J connectivity index is 1.56. The van der Waals surface area contributed by atoms with Gasteiger partial charge in [-0.2, -0.15) is 0 Å². The molecule has 3 rings (SSSR count). The standard InChI is InChI=1S/C21H27N3O6/c1-23(17(26)8-7-14-5-3-2-4-6-14)10-9-15-11-24(13-22-15)21-20(29)19(28)18(27)16(12-25)30-21/h2-8,11,13,16,18-21,25,27-29H,9-10,12H2,1H3. The zero-order valence-electron chi connectivity index (χ0n) is 16.7. The van der Waals surface area contributed by atoms with Gasteiger partial charge in [-0.25, -0.2) is 4.98 Å². The van der Waals surface area contributed by atoms with Gasteiger partial charge >= 0.3 is 0 Å². The van der Waals surface area contributed by atoms with Gasteiger partial charge < -0.3 is 34.6 Å². The van der Waals surface area contributed by atoms with Crippen molar-refractivity contribution in [2.45, 2.75) is 37.1 Å². The van der Waals surface area contributed by atoms with Crippen molar-refractivity contribution < 1.29 is 30.0 Å². The molecule has 0 radical (unpaired) electrons. The lowest BCUT2D eigenvalue weighted by atomic mass is 9.98. The van der Waals surface area contributed by atoms with E-state index in [1.54, 1.807) is 24.2 Å². The highest BCUT2D eigenvalue weighted by molar-refractivity contribution is 5.91. The van der Waals surface area contributed by atoms with Crippen LogP contribution in [0.15, 0.2) is 48.9 Å². The number of aliphatic hydroxyl groups excluding tert-OH is 4. The summed E-state index contributed by atoms with van der Waals surface area (Å²) in [5, 5.41) is 39.3. The number of hydrogen-bond acceptors (Lipinski definition) is 7. The first-order valence-corrected chi connectivity index (χ1v) is 9.71. The molecule has 0 spiro atoms. The third kappa shape index (κ3) is 5.13. The van der Waals surface area contributed by atoms with E-state index in [-0.39, 0.29) is 5.91 Å². The maximum atomic E-state index is 12.3. The lowest BCUT2D eigenvalue weighted by Crippen LogP contribution is -2.56. The summed E-state index contributed by atoms with van der Waals surface area (Å²) in [6, 6.07) is 9.54. The molecule has 1 amide bonds. The van der Waals surface area contributed by atoms with Crippen LogP contribution in [0, 0.1) is 0 Å². The van der Waals surface area contributed by atoms with Crippen molar-refractivity contribution in [3.63, 3.8) is 0 Å². The first kappa shape index (κ1) is 22.1. The number of hydrogen-bond donors (Lipinski definition) is 4. The fourth-order valence-electron chi connectivity index (χ4n) is 3.23. The van der Waals surface area contributed by atoms with Crippen molar-refractivity contribution in [2.75, 3.05) is 20.2 Å². The van der Waals surface area contributed by atoms with E-state index in [2.05, 4.69) is 4.98 Å². The number of amides is 1. The Morgan fingerprint density at radius 2 is 1.93 bits per heavy atom. The fraction of sp³-hybridized carbons (Fsp3) is 0.429. The highest BCUT2D eigenvalue weighted by Crippen LogP contribution is 2.28. The lowest BCUT2D eigenvalue weighted by molar-refractivity contribution is -0.251. The number of likely N-dealkylation sites (N-methyl/N-ethyl adjacent to an activating group) is 1. The Bertz CT molecular complexity index is 853. The van der Waals surface area contributed by atoms with Crippen LogP contribution in [0.3, 0.4) is 0 Å². The Hall–Kier alpha value is -2.56. The minimum atomic E-state index is -1.45. The van der Waals surface area contributed by atoms with Gasteiger partial charge in [0.15, 0.2) is 6.23 Å². The summed E-state index contributed by atoms with van der Waals surface area (Å²) < 4.78 is 6.99. The van der Waals surface area contributed by atoms with Gasteiger partial charge in [-0.1, -0.05) is 30.3 Å². The number of carbonyl (C=O) groups excluding carboxylic acids is 1. The Morgan fingerprint density at radius 3 is 2.63 bits per heavy atom. The fourth-order valence-corrected chi connectivity index (χ4v) is 3.23. The van der Waals surface area contributed by atoms with Gasteiger partial charge in [-0.3, -0.25) is 4.79 Å². The molecule has 30 heavy (non-hydrogen) atoms. The third-order valence-corrected chi connectivity index (χ3v) is 5.11. The van der Waals surface area contributed by atoms with Crippen LogP contribution in [0.1, 0.15) is 17.5 Å². The maximum Gasteiger partial charge on any atom is 0.246 e. The van der Waals surface area contributed by atoms with Crippen LogP contribution in [0.5, 0.6) is 0 Å². The quantitative estimate of drug-likeness (QED) is 0.450. The van der Waals surface area contributed by atoms with Gasteiger partial charge in [-0.15, -0.1) is 0 Å². The molecule has 2 heterocycles. The molecule has 1 aliphatic rings. The number of aromatic nitrogens is 2. The van der Waals surface area contributed by atoms with Crippen LogP contribution in [0.25, 0.3) is 6.08 Å². The van der Waals surface area contributed by atoms with Crippen LogP contribution in [-0.4, -0.2) is 85.4 Å². The molecule has 0 aliphatic carbocycles. The minimum Gasteiger partial charge on any atom is -0.394 e. The van der Waals surface area contributed by atoms with Crippen LogP contribution in [-0.2, 0) is 16.0 Å². The molecule has 1 aliphatic heterocycles. The number of ether oxygens (including phenoxy) is 1. The van der Waals surface area contributed by atoms with E-state index in [0.717, 1.165) is 5.56 Å². The first-order chi connectivity index (χ1) is 14.4. The molecule has 1 aromatic carbocycles. The topological polar surface area (TPSA) is 128 Å². The van der Waals surface area contributed by atoms with Crippen LogP contribution in [0.4, 0.5) is 0 Å². The minimum absolute atomic E-state index is 0.132. The van der Waals surface area contributed by atoms with E-state index >= 15 is 0 Å². The number of benzene rings is 1. The largest absolute Gasteiger partial charge is 0.394 e. The summed E-state index contributed by atoms with van der Waals surface area (Å²) in [4.78, 5) is 18.1. The van der Waals surface area contributed by atoms with Crippen LogP contribution < -0.4 is 0 Å². The Kier molecular flexibility index (Phi) is 7.35. The molecule has 162 valence electrons. The number of imidazole rings is 1. The van der Waals surface area contributed by atoms with E-state index in [4.69, 9.17) is 4.74 Å². The van der Waals surface area contributed by atoms with Gasteiger partial charge in [0.2, 0.25) is 5.91 Å². The molecule has 2 aromatic rings.